The van der Waals surface area contributed by atoms with Gasteiger partial charge in [-0.1, -0.05) is 0 Å². The van der Waals surface area contributed by atoms with E-state index >= 15 is 0 Å². The van der Waals surface area contributed by atoms with Crippen molar-refractivity contribution in [3.05, 3.63) is 29.3 Å². The van der Waals surface area contributed by atoms with Crippen LogP contribution < -0.4 is 10.6 Å². The number of nitrogens with zero attached hydrogens (tertiary/aromatic N) is 1. The molecule has 2 N–H and O–H groups in total. The van der Waals surface area contributed by atoms with Crippen molar-refractivity contribution in [2.75, 3.05) is 44.6 Å². The highest BCUT2D eigenvalue weighted by Gasteiger charge is 2.16. The number of ketones is 1. The molecule has 0 aliphatic carbocycles. The fourth-order valence-electron chi connectivity index (χ4n) is 3.00. The lowest BCUT2D eigenvalue weighted by Crippen LogP contribution is -2.33. The molecule has 1 saturated heterocycles. The van der Waals surface area contributed by atoms with Crippen LogP contribution in [0.15, 0.2) is 18.2 Å². The van der Waals surface area contributed by atoms with Crippen molar-refractivity contribution in [2.45, 2.75) is 19.3 Å². The van der Waals surface area contributed by atoms with Crippen molar-refractivity contribution >= 4 is 11.5 Å². The summed E-state index contributed by atoms with van der Waals surface area (Å²) in [5.41, 5.74) is 3.36. The van der Waals surface area contributed by atoms with E-state index < -0.39 is 0 Å². The molecule has 0 spiro atoms. The van der Waals surface area contributed by atoms with Crippen molar-refractivity contribution in [1.29, 1.82) is 0 Å². The van der Waals surface area contributed by atoms with Crippen molar-refractivity contribution in [2.24, 2.45) is 0 Å². The van der Waals surface area contributed by atoms with Crippen molar-refractivity contribution in [3.63, 3.8) is 0 Å². The number of nitrogens with one attached hydrogen (secondary N) is 2. The summed E-state index contributed by atoms with van der Waals surface area (Å²) in [5.74, 6) is 0.250. The fraction of sp³-hybridized carbons (Fsp3) is 0.562. The zero-order valence-electron chi connectivity index (χ0n) is 12.0. The summed E-state index contributed by atoms with van der Waals surface area (Å²) in [7, 11) is 0. The number of carbonyl (C=O) groups excluding carboxylic acids is 1. The fourth-order valence-corrected chi connectivity index (χ4v) is 3.00. The molecule has 0 saturated carbocycles. The van der Waals surface area contributed by atoms with Gasteiger partial charge < -0.3 is 10.6 Å². The summed E-state index contributed by atoms with van der Waals surface area (Å²) in [6.07, 6.45) is 3.36. The summed E-state index contributed by atoms with van der Waals surface area (Å²) in [4.78, 5) is 14.7. The largest absolute Gasteiger partial charge is 0.385 e. The highest BCUT2D eigenvalue weighted by atomic mass is 16.1. The lowest BCUT2D eigenvalue weighted by atomic mass is 9.99. The van der Waals surface area contributed by atoms with Crippen LogP contribution in [-0.2, 0) is 6.42 Å². The Morgan fingerprint density at radius 3 is 3.05 bits per heavy atom. The smallest absolute Gasteiger partial charge is 0.176 e. The van der Waals surface area contributed by atoms with E-state index in [0.29, 0.717) is 6.54 Å². The van der Waals surface area contributed by atoms with E-state index in [1.165, 1.54) is 11.3 Å². The second kappa shape index (κ2) is 6.37. The minimum Gasteiger partial charge on any atom is -0.385 e. The number of anilines is 1. The Labute approximate surface area is 120 Å². The van der Waals surface area contributed by atoms with Crippen molar-refractivity contribution in [3.8, 4) is 0 Å². The molecule has 1 fully saturated rings. The molecule has 3 rings (SSSR count). The molecule has 2 aliphatic rings. The molecule has 1 aromatic carbocycles. The van der Waals surface area contributed by atoms with E-state index in [-0.39, 0.29) is 5.78 Å². The Balaban J connectivity index is 1.67. The van der Waals surface area contributed by atoms with Gasteiger partial charge in [0, 0.05) is 30.9 Å². The van der Waals surface area contributed by atoms with Gasteiger partial charge in [-0.2, -0.15) is 0 Å². The van der Waals surface area contributed by atoms with Gasteiger partial charge in [-0.3, -0.25) is 9.69 Å². The summed E-state index contributed by atoms with van der Waals surface area (Å²) < 4.78 is 0. The molecule has 20 heavy (non-hydrogen) atoms. The normalized spacial score (nSPS) is 19.8. The molecule has 4 heteroatoms. The van der Waals surface area contributed by atoms with Crippen LogP contribution in [0.25, 0.3) is 0 Å². The second-order valence-electron chi connectivity index (χ2n) is 5.71. The van der Waals surface area contributed by atoms with Crippen LogP contribution in [-0.4, -0.2) is 50.0 Å². The predicted octanol–water partition coefficient (Wildman–Crippen LogP) is 1.52. The number of carbonyl (C=O) groups is 1. The Morgan fingerprint density at radius 2 is 2.10 bits per heavy atom. The van der Waals surface area contributed by atoms with Gasteiger partial charge >= 0.3 is 0 Å². The summed E-state index contributed by atoms with van der Waals surface area (Å²) in [5, 5.41) is 6.76. The van der Waals surface area contributed by atoms with E-state index in [4.69, 9.17) is 0 Å². The van der Waals surface area contributed by atoms with Crippen molar-refractivity contribution < 1.29 is 4.79 Å². The predicted molar refractivity (Wildman–Crippen MR) is 81.5 cm³/mol. The van der Waals surface area contributed by atoms with Crippen LogP contribution in [0.2, 0.25) is 0 Å². The van der Waals surface area contributed by atoms with Gasteiger partial charge in [-0.15, -0.1) is 0 Å². The number of fused-ring (bicyclic) bond motifs is 1. The van der Waals surface area contributed by atoms with Gasteiger partial charge in [0.05, 0.1) is 6.54 Å². The van der Waals surface area contributed by atoms with Gasteiger partial charge in [0.25, 0.3) is 0 Å². The van der Waals surface area contributed by atoms with Crippen LogP contribution in [0, 0.1) is 0 Å². The number of aryl methyl sites for hydroxylation is 1. The quantitative estimate of drug-likeness (QED) is 0.820. The molecule has 0 amide bonds. The molecule has 0 bridgehead atoms. The Hall–Kier alpha value is -1.39. The maximum absolute atomic E-state index is 12.4. The van der Waals surface area contributed by atoms with E-state index in [9.17, 15) is 4.79 Å². The monoisotopic (exact) mass is 273 g/mol. The average Bonchev–Trinajstić information content (AvgIpc) is 2.75. The van der Waals surface area contributed by atoms with E-state index in [1.807, 2.05) is 6.07 Å². The summed E-state index contributed by atoms with van der Waals surface area (Å²) >= 11 is 0. The third-order valence-electron chi connectivity index (χ3n) is 4.17. The molecule has 0 atom stereocenters. The molecule has 2 aliphatic heterocycles. The number of benzene rings is 1. The molecule has 1 aromatic rings. The van der Waals surface area contributed by atoms with Crippen LogP contribution in [0.5, 0.6) is 0 Å². The van der Waals surface area contributed by atoms with E-state index in [2.05, 4.69) is 27.7 Å². The first-order valence-corrected chi connectivity index (χ1v) is 7.66. The van der Waals surface area contributed by atoms with E-state index in [0.717, 1.165) is 57.5 Å². The molecule has 2 heterocycles. The Bertz CT molecular complexity index is 479. The van der Waals surface area contributed by atoms with Crippen LogP contribution in [0.4, 0.5) is 5.69 Å². The maximum Gasteiger partial charge on any atom is 0.176 e. The maximum atomic E-state index is 12.4. The number of hydrogen-bond donors (Lipinski definition) is 2. The van der Waals surface area contributed by atoms with Gasteiger partial charge in [-0.25, -0.2) is 0 Å². The molecule has 0 unspecified atom stereocenters. The zero-order valence-corrected chi connectivity index (χ0v) is 12.0. The van der Waals surface area contributed by atoms with Gasteiger partial charge in [0.15, 0.2) is 5.78 Å². The molecule has 0 aromatic heterocycles. The average molecular weight is 273 g/mol. The lowest BCUT2D eigenvalue weighted by molar-refractivity contribution is 0.0935. The SMILES string of the molecule is O=C(CN1CCCNCC1)c1ccc2c(c1)CCCN2. The van der Waals surface area contributed by atoms with E-state index in [1.54, 1.807) is 0 Å². The third-order valence-corrected chi connectivity index (χ3v) is 4.17. The zero-order chi connectivity index (χ0) is 13.8. The minimum atomic E-state index is 0.250. The number of hydrogen-bond acceptors (Lipinski definition) is 4. The third kappa shape index (κ3) is 3.19. The highest BCUT2D eigenvalue weighted by Crippen LogP contribution is 2.23. The standard InChI is InChI=1S/C16H23N3O/c20-16(12-19-9-2-6-17-8-10-19)14-4-5-15-13(11-14)3-1-7-18-15/h4-5,11,17-18H,1-3,6-10,12H2. The minimum absolute atomic E-state index is 0.250. The van der Waals surface area contributed by atoms with Gasteiger partial charge in [0.2, 0.25) is 0 Å². The first-order chi connectivity index (χ1) is 9.83. The molecule has 4 nitrogen and oxygen atoms in total. The first-order valence-electron chi connectivity index (χ1n) is 7.66. The molecular weight excluding hydrogens is 250 g/mol. The first kappa shape index (κ1) is 13.6. The summed E-state index contributed by atoms with van der Waals surface area (Å²) in [6.45, 7) is 5.63. The van der Waals surface area contributed by atoms with Gasteiger partial charge in [-0.05, 0) is 56.1 Å². The number of rotatable bonds is 3. The second-order valence-corrected chi connectivity index (χ2v) is 5.71. The van der Waals surface area contributed by atoms with Crippen LogP contribution in [0.1, 0.15) is 28.8 Å². The molecule has 0 radical (unpaired) electrons. The topological polar surface area (TPSA) is 44.4 Å². The highest BCUT2D eigenvalue weighted by molar-refractivity contribution is 5.98. The summed E-state index contributed by atoms with van der Waals surface area (Å²) in [6, 6.07) is 6.11. The number of Topliss-reactive ketones (excluding diaryl/α,β-unsaturated/α-hetero) is 1. The molecule has 108 valence electrons. The van der Waals surface area contributed by atoms with Crippen LogP contribution in [0.3, 0.4) is 0 Å². The van der Waals surface area contributed by atoms with Crippen molar-refractivity contribution in [1.82, 2.24) is 10.2 Å². The molecular formula is C16H23N3O. The Kier molecular flexibility index (Phi) is 4.33. The van der Waals surface area contributed by atoms with Gasteiger partial charge in [0.1, 0.15) is 0 Å². The Morgan fingerprint density at radius 1 is 1.15 bits per heavy atom. The lowest BCUT2D eigenvalue weighted by Gasteiger charge is -2.20. The van der Waals surface area contributed by atoms with Crippen LogP contribution >= 0.6 is 0 Å².